The van der Waals surface area contributed by atoms with E-state index in [2.05, 4.69) is 5.10 Å². The van der Waals surface area contributed by atoms with E-state index in [-0.39, 0.29) is 11.3 Å². The van der Waals surface area contributed by atoms with Crippen LogP contribution in [0.25, 0.3) is 0 Å². The quantitative estimate of drug-likeness (QED) is 0.938. The first-order valence-electron chi connectivity index (χ1n) is 5.37. The molecule has 0 aliphatic carbocycles. The molecule has 1 N–H and O–H groups in total. The Hall–Kier alpha value is -1.66. The Bertz CT molecular complexity index is 637. The van der Waals surface area contributed by atoms with Crippen molar-refractivity contribution in [2.75, 3.05) is 0 Å². The number of carboxylic acids is 1. The number of nitrogens with zero attached hydrogens (tertiary/aromatic N) is 2. The van der Waals surface area contributed by atoms with Crippen molar-refractivity contribution in [1.82, 2.24) is 9.78 Å². The molecular weight excluding hydrogens is 288 g/mol. The van der Waals surface area contributed by atoms with Crippen LogP contribution in [0.3, 0.4) is 0 Å². The first-order chi connectivity index (χ1) is 8.99. The van der Waals surface area contributed by atoms with Crippen LogP contribution in [0.4, 0.5) is 0 Å². The maximum absolute atomic E-state index is 12.2. The Kier molecular flexibility index (Phi) is 4.01. The number of aromatic carboxylic acids is 1. The van der Waals surface area contributed by atoms with Crippen LogP contribution in [0.2, 0.25) is 5.02 Å². The molecule has 1 aromatic heterocycles. The summed E-state index contributed by atoms with van der Waals surface area (Å²) in [5.41, 5.74) is 0.505. The SMILES string of the molecule is Cn1ncc(C(=O)O)c1CS(=O)c1ccc(Cl)cc1. The third-order valence-corrected chi connectivity index (χ3v) is 4.22. The van der Waals surface area contributed by atoms with Crippen LogP contribution < -0.4 is 0 Å². The largest absolute Gasteiger partial charge is 0.478 e. The zero-order chi connectivity index (χ0) is 14.0. The molecule has 0 amide bonds. The maximum Gasteiger partial charge on any atom is 0.339 e. The minimum atomic E-state index is -1.34. The van der Waals surface area contributed by atoms with Crippen molar-refractivity contribution in [3.05, 3.63) is 46.7 Å². The summed E-state index contributed by atoms with van der Waals surface area (Å²) in [6.45, 7) is 0. The number of hydrogen-bond donors (Lipinski definition) is 1. The van der Waals surface area contributed by atoms with Crippen LogP contribution in [-0.4, -0.2) is 25.1 Å². The van der Waals surface area contributed by atoms with Gasteiger partial charge >= 0.3 is 5.97 Å². The normalized spacial score (nSPS) is 12.3. The molecule has 0 aliphatic rings. The molecule has 2 aromatic rings. The fourth-order valence-electron chi connectivity index (χ4n) is 1.61. The van der Waals surface area contributed by atoms with E-state index in [1.807, 2.05) is 0 Å². The van der Waals surface area contributed by atoms with Crippen LogP contribution >= 0.6 is 11.6 Å². The van der Waals surface area contributed by atoms with Gasteiger partial charge in [-0.1, -0.05) is 11.6 Å². The topological polar surface area (TPSA) is 72.2 Å². The van der Waals surface area contributed by atoms with E-state index in [1.54, 1.807) is 31.3 Å². The molecule has 1 heterocycles. The lowest BCUT2D eigenvalue weighted by Crippen LogP contribution is -2.08. The van der Waals surface area contributed by atoms with E-state index in [0.29, 0.717) is 15.6 Å². The molecule has 0 radical (unpaired) electrons. The number of aryl methyl sites for hydroxylation is 1. The van der Waals surface area contributed by atoms with Crippen molar-refractivity contribution in [3.8, 4) is 0 Å². The molecule has 0 fully saturated rings. The van der Waals surface area contributed by atoms with Crippen molar-refractivity contribution in [2.24, 2.45) is 7.05 Å². The second-order valence-corrected chi connectivity index (χ2v) is 5.77. The smallest absolute Gasteiger partial charge is 0.339 e. The number of benzene rings is 1. The average Bonchev–Trinajstić information content (AvgIpc) is 2.72. The highest BCUT2D eigenvalue weighted by Crippen LogP contribution is 2.17. The van der Waals surface area contributed by atoms with Gasteiger partial charge in [-0.05, 0) is 24.3 Å². The minimum absolute atomic E-state index is 0.0739. The molecule has 100 valence electrons. The summed E-state index contributed by atoms with van der Waals surface area (Å²) in [5.74, 6) is -0.976. The second-order valence-electron chi connectivity index (χ2n) is 3.88. The molecule has 19 heavy (non-hydrogen) atoms. The summed E-state index contributed by atoms with van der Waals surface area (Å²) in [7, 11) is 0.285. The number of carbonyl (C=O) groups is 1. The fourth-order valence-corrected chi connectivity index (χ4v) is 2.93. The standard InChI is InChI=1S/C12H11ClN2O3S/c1-15-11(10(6-14-15)12(16)17)7-19(18)9-4-2-8(13)3-5-9/h2-6H,7H2,1H3,(H,16,17). The molecule has 0 saturated carbocycles. The molecule has 0 aliphatic heterocycles. The summed E-state index contributed by atoms with van der Waals surface area (Å²) < 4.78 is 13.6. The van der Waals surface area contributed by atoms with Gasteiger partial charge in [-0.3, -0.25) is 8.89 Å². The van der Waals surface area contributed by atoms with Crippen molar-refractivity contribution in [1.29, 1.82) is 0 Å². The van der Waals surface area contributed by atoms with Crippen LogP contribution in [0, 0.1) is 0 Å². The summed E-state index contributed by atoms with van der Waals surface area (Å²) in [5, 5.41) is 13.5. The van der Waals surface area contributed by atoms with Gasteiger partial charge < -0.3 is 5.11 Å². The van der Waals surface area contributed by atoms with Crippen molar-refractivity contribution >= 4 is 28.4 Å². The van der Waals surface area contributed by atoms with Gasteiger partial charge in [-0.25, -0.2) is 4.79 Å². The van der Waals surface area contributed by atoms with Crippen LogP contribution in [0.15, 0.2) is 35.4 Å². The molecule has 5 nitrogen and oxygen atoms in total. The zero-order valence-corrected chi connectivity index (χ0v) is 11.6. The highest BCUT2D eigenvalue weighted by molar-refractivity contribution is 7.84. The number of rotatable bonds is 4. The summed E-state index contributed by atoms with van der Waals surface area (Å²) in [4.78, 5) is 11.6. The summed E-state index contributed by atoms with van der Waals surface area (Å²) in [6, 6.07) is 6.62. The van der Waals surface area contributed by atoms with E-state index < -0.39 is 16.8 Å². The van der Waals surface area contributed by atoms with E-state index >= 15 is 0 Å². The van der Waals surface area contributed by atoms with Gasteiger partial charge in [-0.15, -0.1) is 0 Å². The predicted octanol–water partition coefficient (Wildman–Crippen LogP) is 2.08. The van der Waals surface area contributed by atoms with Crippen molar-refractivity contribution < 1.29 is 14.1 Å². The van der Waals surface area contributed by atoms with Gasteiger partial charge in [-0.2, -0.15) is 5.10 Å². The Labute approximate surface area is 117 Å². The van der Waals surface area contributed by atoms with Crippen molar-refractivity contribution in [3.63, 3.8) is 0 Å². The van der Waals surface area contributed by atoms with E-state index in [1.165, 1.54) is 10.9 Å². The van der Waals surface area contributed by atoms with Gasteiger partial charge in [0, 0.05) is 17.0 Å². The Balaban J connectivity index is 2.26. The molecule has 7 heteroatoms. The highest BCUT2D eigenvalue weighted by atomic mass is 35.5. The van der Waals surface area contributed by atoms with Gasteiger partial charge in [0.05, 0.1) is 28.4 Å². The fraction of sp³-hybridized carbons (Fsp3) is 0.167. The van der Waals surface area contributed by atoms with E-state index in [4.69, 9.17) is 16.7 Å². The summed E-state index contributed by atoms with van der Waals surface area (Å²) >= 11 is 5.76. The first kappa shape index (κ1) is 13.8. The number of carboxylic acid groups (broad SMARTS) is 1. The average molecular weight is 299 g/mol. The van der Waals surface area contributed by atoms with Crippen LogP contribution in [0.5, 0.6) is 0 Å². The Morgan fingerprint density at radius 2 is 2.05 bits per heavy atom. The monoisotopic (exact) mass is 298 g/mol. The zero-order valence-electron chi connectivity index (χ0n) is 10.0. The first-order valence-corrected chi connectivity index (χ1v) is 7.07. The van der Waals surface area contributed by atoms with Crippen LogP contribution in [-0.2, 0) is 23.6 Å². The molecule has 0 saturated heterocycles. The van der Waals surface area contributed by atoms with E-state index in [9.17, 15) is 9.00 Å². The third-order valence-electron chi connectivity index (χ3n) is 2.64. The lowest BCUT2D eigenvalue weighted by Gasteiger charge is -2.05. The summed E-state index contributed by atoms with van der Waals surface area (Å²) in [6.07, 6.45) is 1.26. The Morgan fingerprint density at radius 3 is 2.63 bits per heavy atom. The Morgan fingerprint density at radius 1 is 1.42 bits per heavy atom. The molecule has 1 atom stereocenters. The predicted molar refractivity (Wildman–Crippen MR) is 71.7 cm³/mol. The third kappa shape index (κ3) is 3.02. The van der Waals surface area contributed by atoms with Gasteiger partial charge in [0.2, 0.25) is 0 Å². The van der Waals surface area contributed by atoms with E-state index in [0.717, 1.165) is 0 Å². The molecule has 1 unspecified atom stereocenters. The highest BCUT2D eigenvalue weighted by Gasteiger charge is 2.17. The van der Waals surface area contributed by atoms with Gasteiger partial charge in [0.1, 0.15) is 5.56 Å². The number of halogens is 1. The number of aromatic nitrogens is 2. The lowest BCUT2D eigenvalue weighted by atomic mass is 10.3. The maximum atomic E-state index is 12.2. The van der Waals surface area contributed by atoms with Gasteiger partial charge in [0.25, 0.3) is 0 Å². The second kappa shape index (κ2) is 5.54. The molecule has 1 aromatic carbocycles. The van der Waals surface area contributed by atoms with Crippen LogP contribution in [0.1, 0.15) is 16.1 Å². The molecular formula is C12H11ClN2O3S. The lowest BCUT2D eigenvalue weighted by molar-refractivity contribution is 0.0696. The molecule has 2 rings (SSSR count). The molecule has 0 bridgehead atoms. The van der Waals surface area contributed by atoms with Crippen molar-refractivity contribution in [2.45, 2.75) is 10.6 Å². The molecule has 0 spiro atoms. The number of hydrogen-bond acceptors (Lipinski definition) is 3. The van der Waals surface area contributed by atoms with Gasteiger partial charge in [0.15, 0.2) is 0 Å². The minimum Gasteiger partial charge on any atom is -0.478 e.